The van der Waals surface area contributed by atoms with Gasteiger partial charge in [-0.1, -0.05) is 19.8 Å². The lowest BCUT2D eigenvalue weighted by Crippen LogP contribution is -2.23. The fourth-order valence-electron chi connectivity index (χ4n) is 3.62. The Morgan fingerprint density at radius 2 is 1.94 bits per heavy atom. The molecule has 1 unspecified atom stereocenters. The second-order valence-corrected chi connectivity index (χ2v) is 9.38. The van der Waals surface area contributed by atoms with Gasteiger partial charge in [0.2, 0.25) is 0 Å². The highest BCUT2D eigenvalue weighted by molar-refractivity contribution is 5.84. The summed E-state index contributed by atoms with van der Waals surface area (Å²) in [6.07, 6.45) is 6.99. The molecule has 2 aromatic heterocycles. The Balaban J connectivity index is 1.61. The van der Waals surface area contributed by atoms with Crippen LogP contribution in [0.5, 0.6) is 5.75 Å². The third-order valence-corrected chi connectivity index (χ3v) is 5.30. The van der Waals surface area contributed by atoms with Crippen LogP contribution in [-0.4, -0.2) is 38.7 Å². The van der Waals surface area contributed by atoms with Crippen molar-refractivity contribution in [1.29, 1.82) is 0 Å². The van der Waals surface area contributed by atoms with E-state index in [0.29, 0.717) is 17.6 Å². The monoisotopic (exact) mass is 438 g/mol. The van der Waals surface area contributed by atoms with Crippen LogP contribution in [0, 0.1) is 0 Å². The molecule has 8 heteroatoms. The number of hydrogen-bond acceptors (Lipinski definition) is 7. The van der Waals surface area contributed by atoms with E-state index in [0.717, 1.165) is 47.6 Å². The first-order chi connectivity index (χ1) is 15.3. The van der Waals surface area contributed by atoms with Gasteiger partial charge in [-0.3, -0.25) is 0 Å². The van der Waals surface area contributed by atoms with Crippen molar-refractivity contribution in [3.05, 3.63) is 30.4 Å². The minimum Gasteiger partial charge on any atom is -0.494 e. The normalized spacial score (nSPS) is 15.0. The minimum absolute atomic E-state index is 0.0809. The molecular formula is C24H34N6O2. The van der Waals surface area contributed by atoms with Crippen LogP contribution >= 0.6 is 0 Å². The maximum atomic E-state index is 6.32. The number of rotatable bonds is 10. The molecule has 1 fully saturated rings. The number of nitrogens with one attached hydrogen (secondary N) is 3. The lowest BCUT2D eigenvalue weighted by Gasteiger charge is -2.26. The first-order valence-corrected chi connectivity index (χ1v) is 11.5. The largest absolute Gasteiger partial charge is 0.494 e. The number of anilines is 3. The molecule has 1 aromatic carbocycles. The van der Waals surface area contributed by atoms with Gasteiger partial charge >= 0.3 is 0 Å². The molecule has 32 heavy (non-hydrogen) atoms. The van der Waals surface area contributed by atoms with Crippen LogP contribution < -0.4 is 15.4 Å². The SMILES string of the molecule is CCCCC(OC(C)(C)C)c1nc2cc(OC)c(Nc3cc(NC4CC4)ncn3)cc2[nH]1. The molecule has 3 aromatic rings. The average molecular weight is 439 g/mol. The fourth-order valence-corrected chi connectivity index (χ4v) is 3.62. The van der Waals surface area contributed by atoms with Crippen molar-refractivity contribution >= 4 is 28.4 Å². The summed E-state index contributed by atoms with van der Waals surface area (Å²) in [5.41, 5.74) is 2.34. The van der Waals surface area contributed by atoms with Crippen LogP contribution in [0.3, 0.4) is 0 Å². The number of fused-ring (bicyclic) bond motifs is 1. The van der Waals surface area contributed by atoms with Gasteiger partial charge < -0.3 is 25.1 Å². The zero-order valence-corrected chi connectivity index (χ0v) is 19.7. The summed E-state index contributed by atoms with van der Waals surface area (Å²) in [5, 5.41) is 6.76. The summed E-state index contributed by atoms with van der Waals surface area (Å²) in [6, 6.07) is 6.39. The highest BCUT2D eigenvalue weighted by Crippen LogP contribution is 2.34. The first kappa shape index (κ1) is 22.3. The standard InChI is InChI=1S/C24H34N6O2/c1-6-7-8-19(32-24(2,3)4)23-29-16-11-18(20(31-5)12-17(16)30-23)28-22-13-21(25-14-26-22)27-15-9-10-15/h11-15,19H,6-10H2,1-5H3,(H,29,30)(H2,25,26,27,28). The predicted molar refractivity (Wildman–Crippen MR) is 128 cm³/mol. The Bertz CT molecular complexity index is 1050. The van der Waals surface area contributed by atoms with Gasteiger partial charge in [-0.2, -0.15) is 0 Å². The molecule has 0 bridgehead atoms. The van der Waals surface area contributed by atoms with Gasteiger partial charge in [-0.15, -0.1) is 0 Å². The van der Waals surface area contributed by atoms with Gasteiger partial charge in [0.15, 0.2) is 0 Å². The molecule has 1 atom stereocenters. The van der Waals surface area contributed by atoms with Crippen molar-refractivity contribution in [2.45, 2.75) is 77.5 Å². The number of benzene rings is 1. The highest BCUT2D eigenvalue weighted by atomic mass is 16.5. The third-order valence-electron chi connectivity index (χ3n) is 5.30. The average Bonchev–Trinajstić information content (AvgIpc) is 3.46. The van der Waals surface area contributed by atoms with Crippen LogP contribution in [-0.2, 0) is 4.74 Å². The summed E-state index contributed by atoms with van der Waals surface area (Å²) < 4.78 is 12.0. The van der Waals surface area contributed by atoms with E-state index in [1.165, 1.54) is 12.8 Å². The van der Waals surface area contributed by atoms with E-state index in [9.17, 15) is 0 Å². The summed E-state index contributed by atoms with van der Waals surface area (Å²) in [7, 11) is 1.66. The maximum absolute atomic E-state index is 6.32. The van der Waals surface area contributed by atoms with Crippen molar-refractivity contribution in [2.75, 3.05) is 17.7 Å². The van der Waals surface area contributed by atoms with E-state index in [4.69, 9.17) is 14.5 Å². The van der Waals surface area contributed by atoms with E-state index in [-0.39, 0.29) is 11.7 Å². The molecule has 8 nitrogen and oxygen atoms in total. The number of aromatic nitrogens is 4. The Morgan fingerprint density at radius 3 is 2.62 bits per heavy atom. The van der Waals surface area contributed by atoms with Crippen molar-refractivity contribution in [3.8, 4) is 5.75 Å². The minimum atomic E-state index is -0.249. The number of methoxy groups -OCH3 is 1. The van der Waals surface area contributed by atoms with Crippen molar-refractivity contribution in [2.24, 2.45) is 0 Å². The van der Waals surface area contributed by atoms with Crippen LogP contribution in [0.2, 0.25) is 0 Å². The molecule has 0 spiro atoms. The number of imidazole rings is 1. The van der Waals surface area contributed by atoms with E-state index >= 15 is 0 Å². The van der Waals surface area contributed by atoms with E-state index in [2.05, 4.69) is 53.3 Å². The second-order valence-electron chi connectivity index (χ2n) is 9.38. The number of hydrogen-bond donors (Lipinski definition) is 3. The van der Waals surface area contributed by atoms with Gasteiger partial charge in [0, 0.05) is 18.2 Å². The van der Waals surface area contributed by atoms with E-state index < -0.39 is 0 Å². The predicted octanol–water partition coefficient (Wildman–Crippen LogP) is 5.73. The zero-order chi connectivity index (χ0) is 22.7. The molecule has 0 saturated heterocycles. The van der Waals surface area contributed by atoms with Crippen LogP contribution in [0.4, 0.5) is 17.3 Å². The quantitative estimate of drug-likeness (QED) is 0.372. The van der Waals surface area contributed by atoms with Crippen LogP contribution in [0.1, 0.15) is 71.7 Å². The topological polar surface area (TPSA) is 97.0 Å². The smallest absolute Gasteiger partial charge is 0.144 e. The van der Waals surface area contributed by atoms with Crippen molar-refractivity contribution in [1.82, 2.24) is 19.9 Å². The highest BCUT2D eigenvalue weighted by Gasteiger charge is 2.24. The summed E-state index contributed by atoms with van der Waals surface area (Å²) in [4.78, 5) is 17.0. The number of unbranched alkanes of at least 4 members (excludes halogenated alkanes) is 1. The molecule has 0 radical (unpaired) electrons. The van der Waals surface area contributed by atoms with E-state index in [1.807, 2.05) is 18.2 Å². The van der Waals surface area contributed by atoms with Crippen LogP contribution in [0.25, 0.3) is 11.0 Å². The molecule has 1 saturated carbocycles. The molecule has 0 amide bonds. The Hall–Kier alpha value is -2.87. The van der Waals surface area contributed by atoms with Crippen molar-refractivity contribution < 1.29 is 9.47 Å². The van der Waals surface area contributed by atoms with Gasteiger partial charge in [0.1, 0.15) is 35.6 Å². The third kappa shape index (κ3) is 5.68. The zero-order valence-electron chi connectivity index (χ0n) is 19.7. The molecule has 1 aliphatic rings. The Morgan fingerprint density at radius 1 is 1.16 bits per heavy atom. The van der Waals surface area contributed by atoms with Crippen LogP contribution in [0.15, 0.2) is 24.5 Å². The van der Waals surface area contributed by atoms with Gasteiger partial charge in [0.25, 0.3) is 0 Å². The van der Waals surface area contributed by atoms with Gasteiger partial charge in [-0.05, 0) is 46.1 Å². The molecule has 2 heterocycles. The number of aromatic amines is 1. The molecular weight excluding hydrogens is 404 g/mol. The van der Waals surface area contributed by atoms with Crippen molar-refractivity contribution in [3.63, 3.8) is 0 Å². The molecule has 1 aliphatic carbocycles. The number of nitrogens with zero attached hydrogens (tertiary/aromatic N) is 3. The summed E-state index contributed by atoms with van der Waals surface area (Å²) >= 11 is 0. The fraction of sp³-hybridized carbons (Fsp3) is 0.542. The lowest BCUT2D eigenvalue weighted by atomic mass is 10.1. The Kier molecular flexibility index (Phi) is 6.50. The van der Waals surface area contributed by atoms with E-state index in [1.54, 1.807) is 13.4 Å². The Labute approximate surface area is 189 Å². The second kappa shape index (κ2) is 9.32. The van der Waals surface area contributed by atoms with Gasteiger partial charge in [-0.25, -0.2) is 15.0 Å². The summed E-state index contributed by atoms with van der Waals surface area (Å²) in [5.74, 6) is 3.08. The molecule has 172 valence electrons. The number of ether oxygens (including phenoxy) is 2. The first-order valence-electron chi connectivity index (χ1n) is 11.5. The lowest BCUT2D eigenvalue weighted by molar-refractivity contribution is -0.0692. The summed E-state index contributed by atoms with van der Waals surface area (Å²) in [6.45, 7) is 8.42. The molecule has 3 N–H and O–H groups in total. The van der Waals surface area contributed by atoms with Gasteiger partial charge in [0.05, 0.1) is 29.4 Å². The number of H-pyrrole nitrogens is 1. The molecule has 4 rings (SSSR count). The maximum Gasteiger partial charge on any atom is 0.144 e. The molecule has 0 aliphatic heterocycles.